The summed E-state index contributed by atoms with van der Waals surface area (Å²) in [5.41, 5.74) is 0.254. The summed E-state index contributed by atoms with van der Waals surface area (Å²) in [4.78, 5) is 11.6. The second kappa shape index (κ2) is 4.91. The van der Waals surface area contributed by atoms with Gasteiger partial charge >= 0.3 is 0 Å². The summed E-state index contributed by atoms with van der Waals surface area (Å²) in [5.74, 6) is -2.60. The van der Waals surface area contributed by atoms with Gasteiger partial charge in [-0.15, -0.1) is 0 Å². The summed E-state index contributed by atoms with van der Waals surface area (Å²) >= 11 is 0. The number of sulfone groups is 1. The Bertz CT molecular complexity index is 538. The van der Waals surface area contributed by atoms with Gasteiger partial charge in [-0.1, -0.05) is 6.07 Å². The molecule has 0 spiro atoms. The molecule has 0 aliphatic heterocycles. The topological polar surface area (TPSA) is 51.2 Å². The van der Waals surface area contributed by atoms with Gasteiger partial charge in [0, 0.05) is 12.7 Å². The number of benzene rings is 1. The molecule has 0 aromatic heterocycles. The molecule has 1 rings (SSSR count). The Hall–Kier alpha value is -1.30. The van der Waals surface area contributed by atoms with Crippen molar-refractivity contribution < 1.29 is 22.0 Å². The quantitative estimate of drug-likeness (QED) is 0.826. The monoisotopic (exact) mass is 262 g/mol. The maximum absolute atomic E-state index is 12.9. The van der Waals surface area contributed by atoms with Crippen LogP contribution < -0.4 is 0 Å². The van der Waals surface area contributed by atoms with Crippen molar-refractivity contribution in [3.05, 3.63) is 35.4 Å². The van der Waals surface area contributed by atoms with E-state index >= 15 is 0 Å². The normalized spacial score (nSPS) is 13.4. The van der Waals surface area contributed by atoms with Crippen molar-refractivity contribution in [1.29, 1.82) is 0 Å². The smallest absolute Gasteiger partial charge is 0.159 e. The molecule has 1 atom stereocenters. The van der Waals surface area contributed by atoms with Crippen LogP contribution in [0.5, 0.6) is 0 Å². The molecule has 0 radical (unpaired) electrons. The largest absolute Gasteiger partial charge is 0.298 e. The van der Waals surface area contributed by atoms with Crippen molar-refractivity contribution in [2.75, 3.05) is 6.26 Å². The van der Waals surface area contributed by atoms with E-state index in [4.69, 9.17) is 0 Å². The highest BCUT2D eigenvalue weighted by Gasteiger charge is 2.23. The lowest BCUT2D eigenvalue weighted by molar-refractivity contribution is -0.117. The molecular formula is C11H12F2O3S. The van der Waals surface area contributed by atoms with E-state index in [-0.39, 0.29) is 12.0 Å². The number of halogens is 2. The number of carbonyl (C=O) groups excluding carboxylic acids is 1. The number of ketones is 1. The molecule has 0 saturated carbocycles. The Morgan fingerprint density at radius 1 is 1.29 bits per heavy atom. The van der Waals surface area contributed by atoms with Crippen LogP contribution >= 0.6 is 0 Å². The first kappa shape index (κ1) is 13.8. The summed E-state index contributed by atoms with van der Waals surface area (Å²) < 4.78 is 47.7. The molecule has 3 nitrogen and oxygen atoms in total. The minimum Gasteiger partial charge on any atom is -0.298 e. The predicted molar refractivity (Wildman–Crippen MR) is 59.4 cm³/mol. The van der Waals surface area contributed by atoms with Crippen LogP contribution in [0.4, 0.5) is 8.78 Å². The molecule has 0 aliphatic rings. The summed E-state index contributed by atoms with van der Waals surface area (Å²) in [6.07, 6.45) is 0.728. The van der Waals surface area contributed by atoms with E-state index in [1.165, 1.54) is 13.0 Å². The first-order chi connectivity index (χ1) is 7.71. The zero-order chi connectivity index (χ0) is 13.2. The molecule has 0 heterocycles. The minimum absolute atomic E-state index is 0.231. The number of hydrogen-bond acceptors (Lipinski definition) is 3. The molecule has 1 aromatic carbocycles. The van der Waals surface area contributed by atoms with Crippen LogP contribution in [-0.2, 0) is 21.1 Å². The first-order valence-electron chi connectivity index (χ1n) is 4.87. The van der Waals surface area contributed by atoms with Gasteiger partial charge in [0.15, 0.2) is 27.3 Å². The summed E-state index contributed by atoms with van der Waals surface area (Å²) in [5, 5.41) is -1.14. The second-order valence-corrected chi connectivity index (χ2v) is 6.23. The SMILES string of the molecule is CC(C(=O)Cc1ccc(F)c(F)c1)S(C)(=O)=O. The Morgan fingerprint density at radius 2 is 1.88 bits per heavy atom. The number of rotatable bonds is 4. The lowest BCUT2D eigenvalue weighted by Gasteiger charge is -2.08. The van der Waals surface area contributed by atoms with Gasteiger partial charge in [0.25, 0.3) is 0 Å². The third-order valence-electron chi connectivity index (χ3n) is 2.46. The van der Waals surface area contributed by atoms with Gasteiger partial charge in [-0.3, -0.25) is 4.79 Å². The Kier molecular flexibility index (Phi) is 3.98. The van der Waals surface area contributed by atoms with E-state index < -0.39 is 32.5 Å². The zero-order valence-electron chi connectivity index (χ0n) is 9.41. The van der Waals surface area contributed by atoms with Gasteiger partial charge in [-0.05, 0) is 24.6 Å². The second-order valence-electron chi connectivity index (χ2n) is 3.86. The molecule has 1 aromatic rings. The lowest BCUT2D eigenvalue weighted by Crippen LogP contribution is -2.27. The van der Waals surface area contributed by atoms with Crippen molar-refractivity contribution in [1.82, 2.24) is 0 Å². The highest BCUT2D eigenvalue weighted by atomic mass is 32.2. The highest BCUT2D eigenvalue weighted by Crippen LogP contribution is 2.11. The molecule has 0 aliphatic carbocycles. The Morgan fingerprint density at radius 3 is 2.35 bits per heavy atom. The maximum atomic E-state index is 12.9. The fourth-order valence-electron chi connectivity index (χ4n) is 1.23. The zero-order valence-corrected chi connectivity index (χ0v) is 10.2. The fraction of sp³-hybridized carbons (Fsp3) is 0.364. The first-order valence-corrected chi connectivity index (χ1v) is 6.83. The standard InChI is InChI=1S/C11H12F2O3S/c1-7(17(2,15)16)11(14)6-8-3-4-9(12)10(13)5-8/h3-5,7H,6H2,1-2H3. The van der Waals surface area contributed by atoms with Gasteiger partial charge in [0.05, 0.1) is 0 Å². The number of carbonyl (C=O) groups is 1. The van der Waals surface area contributed by atoms with E-state index in [9.17, 15) is 22.0 Å². The van der Waals surface area contributed by atoms with Crippen molar-refractivity contribution >= 4 is 15.6 Å². The van der Waals surface area contributed by atoms with Crippen LogP contribution in [0.2, 0.25) is 0 Å². The molecule has 0 amide bonds. The van der Waals surface area contributed by atoms with Gasteiger partial charge in [-0.25, -0.2) is 17.2 Å². The molecule has 17 heavy (non-hydrogen) atoms. The van der Waals surface area contributed by atoms with Crippen molar-refractivity contribution in [3.8, 4) is 0 Å². The molecule has 0 N–H and O–H groups in total. The van der Waals surface area contributed by atoms with Crippen LogP contribution in [0.1, 0.15) is 12.5 Å². The van der Waals surface area contributed by atoms with Gasteiger partial charge in [0.2, 0.25) is 0 Å². The molecule has 1 unspecified atom stereocenters. The minimum atomic E-state index is -3.46. The van der Waals surface area contributed by atoms with E-state index in [0.29, 0.717) is 0 Å². The molecule has 94 valence electrons. The third-order valence-corrected chi connectivity index (χ3v) is 4.01. The maximum Gasteiger partial charge on any atom is 0.159 e. The number of Topliss-reactive ketones (excluding diaryl/α,β-unsaturated/α-hetero) is 1. The van der Waals surface area contributed by atoms with Crippen LogP contribution in [0.25, 0.3) is 0 Å². The average molecular weight is 262 g/mol. The van der Waals surface area contributed by atoms with Gasteiger partial charge in [-0.2, -0.15) is 0 Å². The summed E-state index contributed by atoms with van der Waals surface area (Å²) in [7, 11) is -3.46. The lowest BCUT2D eigenvalue weighted by atomic mass is 10.1. The Labute approximate surface area is 98.4 Å². The third kappa shape index (κ3) is 3.59. The van der Waals surface area contributed by atoms with Crippen LogP contribution in [-0.4, -0.2) is 25.7 Å². The van der Waals surface area contributed by atoms with Crippen LogP contribution in [0, 0.1) is 11.6 Å². The van der Waals surface area contributed by atoms with E-state index in [1.54, 1.807) is 0 Å². The van der Waals surface area contributed by atoms with Crippen molar-refractivity contribution in [3.63, 3.8) is 0 Å². The predicted octanol–water partition coefficient (Wildman–Crippen LogP) is 1.51. The summed E-state index contributed by atoms with van der Waals surface area (Å²) in [6, 6.07) is 3.05. The van der Waals surface area contributed by atoms with Gasteiger partial charge in [0.1, 0.15) is 5.25 Å². The average Bonchev–Trinajstić information content (AvgIpc) is 2.21. The highest BCUT2D eigenvalue weighted by molar-refractivity contribution is 7.92. The van der Waals surface area contributed by atoms with Crippen LogP contribution in [0.3, 0.4) is 0 Å². The van der Waals surface area contributed by atoms with Gasteiger partial charge < -0.3 is 0 Å². The molecular weight excluding hydrogens is 250 g/mol. The van der Waals surface area contributed by atoms with Crippen molar-refractivity contribution in [2.45, 2.75) is 18.6 Å². The molecule has 0 fully saturated rings. The van der Waals surface area contributed by atoms with Crippen LogP contribution in [0.15, 0.2) is 18.2 Å². The van der Waals surface area contributed by atoms with E-state index in [2.05, 4.69) is 0 Å². The fourth-order valence-corrected chi connectivity index (χ4v) is 1.79. The molecule has 6 heteroatoms. The van der Waals surface area contributed by atoms with Crippen molar-refractivity contribution in [2.24, 2.45) is 0 Å². The molecule has 0 saturated heterocycles. The van der Waals surface area contributed by atoms with E-state index in [0.717, 1.165) is 18.4 Å². The van der Waals surface area contributed by atoms with E-state index in [1.807, 2.05) is 0 Å². The number of hydrogen-bond donors (Lipinski definition) is 0. The summed E-state index contributed by atoms with van der Waals surface area (Å²) in [6.45, 7) is 1.28. The molecule has 0 bridgehead atoms. The Balaban J connectivity index is 2.85.